The summed E-state index contributed by atoms with van der Waals surface area (Å²) in [7, 11) is 1.16. The maximum atomic E-state index is 11.6. The van der Waals surface area contributed by atoms with E-state index in [1.807, 2.05) is 0 Å². The third kappa shape index (κ3) is 3.41. The summed E-state index contributed by atoms with van der Waals surface area (Å²) in [5.74, 6) is -1.27. The molecule has 100 valence electrons. The van der Waals surface area contributed by atoms with Gasteiger partial charge in [0.15, 0.2) is 6.04 Å². The van der Waals surface area contributed by atoms with Gasteiger partial charge in [-0.1, -0.05) is 11.3 Å². The quantitative estimate of drug-likeness (QED) is 0.662. The van der Waals surface area contributed by atoms with Crippen LogP contribution in [0.3, 0.4) is 0 Å². The van der Waals surface area contributed by atoms with E-state index in [1.165, 1.54) is 4.57 Å². The number of rotatable bonds is 5. The van der Waals surface area contributed by atoms with Gasteiger partial charge in [0.2, 0.25) is 5.91 Å². The Morgan fingerprint density at radius 1 is 1.61 bits per heavy atom. The summed E-state index contributed by atoms with van der Waals surface area (Å²) in [5.41, 5.74) is 0.666. The van der Waals surface area contributed by atoms with E-state index >= 15 is 0 Å². The Kier molecular flexibility index (Phi) is 5.05. The van der Waals surface area contributed by atoms with Gasteiger partial charge < -0.3 is 15.2 Å². The van der Waals surface area contributed by atoms with Crippen molar-refractivity contribution in [2.45, 2.75) is 19.5 Å². The average molecular weight is 274 g/mol. The van der Waals surface area contributed by atoms with Crippen LogP contribution in [0.4, 0.5) is 0 Å². The van der Waals surface area contributed by atoms with Gasteiger partial charge in [-0.15, -0.1) is 0 Å². The highest BCUT2D eigenvalue weighted by Gasteiger charge is 2.20. The molecule has 1 unspecified atom stereocenters. The number of aromatic nitrogens is 1. The number of nitrogens with one attached hydrogen (secondary N) is 1. The molecule has 1 aromatic heterocycles. The molecule has 0 radical (unpaired) electrons. The number of carbonyl (C=O) groups excluding carboxylic acids is 2. The minimum Gasteiger partial charge on any atom is -0.467 e. The van der Waals surface area contributed by atoms with Crippen LogP contribution < -0.4 is 10.2 Å². The van der Waals surface area contributed by atoms with E-state index in [4.69, 9.17) is 5.11 Å². The minimum atomic E-state index is -1.11. The molecule has 2 N–H and O–H groups in total. The number of hydrogen-bond donors (Lipinski definition) is 2. The molecule has 18 heavy (non-hydrogen) atoms. The number of aliphatic hydroxyl groups is 1. The zero-order valence-corrected chi connectivity index (χ0v) is 10.8. The van der Waals surface area contributed by atoms with Gasteiger partial charge in [-0.2, -0.15) is 0 Å². The highest BCUT2D eigenvalue weighted by molar-refractivity contribution is 7.07. The first-order valence-corrected chi connectivity index (χ1v) is 6.00. The summed E-state index contributed by atoms with van der Waals surface area (Å²) in [4.78, 5) is 33.9. The number of carbonyl (C=O) groups is 2. The summed E-state index contributed by atoms with van der Waals surface area (Å²) in [6.07, 6.45) is 0. The number of esters is 1. The van der Waals surface area contributed by atoms with Gasteiger partial charge in [0.05, 0.1) is 13.7 Å². The fourth-order valence-electron chi connectivity index (χ4n) is 1.30. The monoisotopic (exact) mass is 274 g/mol. The molecule has 0 aliphatic heterocycles. The number of thiazole rings is 1. The van der Waals surface area contributed by atoms with Crippen molar-refractivity contribution >= 4 is 23.2 Å². The number of methoxy groups -OCH3 is 1. The molecule has 8 heteroatoms. The second-order valence-corrected chi connectivity index (χ2v) is 4.38. The number of aryl methyl sites for hydroxylation is 1. The van der Waals surface area contributed by atoms with Gasteiger partial charge in [-0.05, 0) is 6.92 Å². The smallest absolute Gasteiger partial charge is 0.330 e. The van der Waals surface area contributed by atoms with Crippen molar-refractivity contribution in [2.24, 2.45) is 0 Å². The Hall–Kier alpha value is -1.67. The van der Waals surface area contributed by atoms with Crippen LogP contribution in [0.25, 0.3) is 0 Å². The molecule has 1 heterocycles. The van der Waals surface area contributed by atoms with Crippen LogP contribution in [0.5, 0.6) is 0 Å². The third-order valence-electron chi connectivity index (χ3n) is 2.28. The molecule has 0 spiro atoms. The van der Waals surface area contributed by atoms with Crippen LogP contribution in [0.2, 0.25) is 0 Å². The van der Waals surface area contributed by atoms with E-state index in [1.54, 1.807) is 12.3 Å². The lowest BCUT2D eigenvalue weighted by molar-refractivity contribution is -0.146. The molecular formula is C10H14N2O5S. The SMILES string of the molecule is COC(=O)C(CO)NC(=O)Cn1c(C)csc1=O. The van der Waals surface area contributed by atoms with Gasteiger partial charge in [-0.3, -0.25) is 14.2 Å². The maximum Gasteiger partial charge on any atom is 0.330 e. The number of aliphatic hydroxyl groups excluding tert-OH is 1. The molecule has 0 aliphatic rings. The normalized spacial score (nSPS) is 11.9. The Labute approximate surface area is 107 Å². The molecule has 0 bridgehead atoms. The van der Waals surface area contributed by atoms with E-state index in [0.29, 0.717) is 5.69 Å². The van der Waals surface area contributed by atoms with Crippen molar-refractivity contribution in [2.75, 3.05) is 13.7 Å². The van der Waals surface area contributed by atoms with Crippen LogP contribution in [-0.2, 0) is 20.9 Å². The molecule has 7 nitrogen and oxygen atoms in total. The zero-order chi connectivity index (χ0) is 13.7. The summed E-state index contributed by atoms with van der Waals surface area (Å²) >= 11 is 0.995. The van der Waals surface area contributed by atoms with Crippen LogP contribution in [-0.4, -0.2) is 41.3 Å². The number of ether oxygens (including phenoxy) is 1. The van der Waals surface area contributed by atoms with Crippen LogP contribution in [0, 0.1) is 6.92 Å². The topological polar surface area (TPSA) is 97.6 Å². The van der Waals surface area contributed by atoms with Crippen LogP contribution >= 0.6 is 11.3 Å². The third-order valence-corrected chi connectivity index (χ3v) is 3.16. The van der Waals surface area contributed by atoms with Crippen LogP contribution in [0.15, 0.2) is 10.2 Å². The molecule has 0 saturated heterocycles. The Balaban J connectivity index is 2.67. The summed E-state index contributed by atoms with van der Waals surface area (Å²) in [6, 6.07) is -1.11. The minimum absolute atomic E-state index is 0.193. The standard InChI is InChI=1S/C10H14N2O5S/c1-6-5-18-10(16)12(6)3-8(14)11-7(4-13)9(15)17-2/h5,7,13H,3-4H2,1-2H3,(H,11,14). The molecule has 1 atom stereocenters. The van der Waals surface area contributed by atoms with Crippen molar-refractivity contribution in [3.05, 3.63) is 20.7 Å². The van der Waals surface area contributed by atoms with Crippen molar-refractivity contribution < 1.29 is 19.4 Å². The second-order valence-electron chi connectivity index (χ2n) is 3.55. The number of amides is 1. The summed E-state index contributed by atoms with van der Waals surface area (Å²) in [6.45, 7) is 0.951. The highest BCUT2D eigenvalue weighted by atomic mass is 32.1. The van der Waals surface area contributed by atoms with E-state index in [0.717, 1.165) is 18.4 Å². The molecule has 1 aromatic rings. The van der Waals surface area contributed by atoms with Gasteiger partial charge in [0.25, 0.3) is 0 Å². The molecule has 0 aromatic carbocycles. The Morgan fingerprint density at radius 2 is 2.28 bits per heavy atom. The maximum absolute atomic E-state index is 11.6. The van der Waals surface area contributed by atoms with Gasteiger partial charge in [0, 0.05) is 11.1 Å². The first-order valence-electron chi connectivity index (χ1n) is 5.12. The lowest BCUT2D eigenvalue weighted by atomic mass is 10.3. The second kappa shape index (κ2) is 6.31. The van der Waals surface area contributed by atoms with Gasteiger partial charge >= 0.3 is 10.8 Å². The zero-order valence-electron chi connectivity index (χ0n) is 10.0. The van der Waals surface area contributed by atoms with E-state index in [9.17, 15) is 14.4 Å². The van der Waals surface area contributed by atoms with E-state index in [-0.39, 0.29) is 11.4 Å². The van der Waals surface area contributed by atoms with Crippen molar-refractivity contribution in [3.8, 4) is 0 Å². The van der Waals surface area contributed by atoms with Gasteiger partial charge in [-0.25, -0.2) is 4.79 Å². The fraction of sp³-hybridized carbons (Fsp3) is 0.500. The fourth-order valence-corrected chi connectivity index (χ4v) is 2.04. The van der Waals surface area contributed by atoms with E-state index < -0.39 is 24.5 Å². The average Bonchev–Trinajstić information content (AvgIpc) is 2.66. The van der Waals surface area contributed by atoms with Crippen molar-refractivity contribution in [1.29, 1.82) is 0 Å². The van der Waals surface area contributed by atoms with E-state index in [2.05, 4.69) is 10.1 Å². The predicted octanol–water partition coefficient (Wildman–Crippen LogP) is -1.13. The molecule has 0 saturated carbocycles. The number of hydrogen-bond acceptors (Lipinski definition) is 6. The predicted molar refractivity (Wildman–Crippen MR) is 64.3 cm³/mol. The Bertz CT molecular complexity index is 493. The first kappa shape index (κ1) is 14.4. The number of nitrogens with zero attached hydrogens (tertiary/aromatic N) is 1. The lowest BCUT2D eigenvalue weighted by Gasteiger charge is -2.14. The van der Waals surface area contributed by atoms with Crippen LogP contribution in [0.1, 0.15) is 5.69 Å². The Morgan fingerprint density at radius 3 is 2.72 bits per heavy atom. The van der Waals surface area contributed by atoms with Gasteiger partial charge in [0.1, 0.15) is 6.54 Å². The summed E-state index contributed by atoms with van der Waals surface area (Å²) in [5, 5.41) is 12.9. The summed E-state index contributed by atoms with van der Waals surface area (Å²) < 4.78 is 5.69. The first-order chi connectivity index (χ1) is 8.49. The highest BCUT2D eigenvalue weighted by Crippen LogP contribution is 1.99. The lowest BCUT2D eigenvalue weighted by Crippen LogP contribution is -2.45. The molecule has 0 aliphatic carbocycles. The molecule has 0 fully saturated rings. The van der Waals surface area contributed by atoms with Crippen molar-refractivity contribution in [1.82, 2.24) is 9.88 Å². The largest absolute Gasteiger partial charge is 0.467 e. The van der Waals surface area contributed by atoms with Crippen molar-refractivity contribution in [3.63, 3.8) is 0 Å². The molecular weight excluding hydrogens is 260 g/mol. The molecule has 1 amide bonds. The molecule has 1 rings (SSSR count).